The van der Waals surface area contributed by atoms with E-state index >= 15 is 0 Å². The summed E-state index contributed by atoms with van der Waals surface area (Å²) in [6.07, 6.45) is 5.93. The molecule has 0 saturated carbocycles. The van der Waals surface area contributed by atoms with Gasteiger partial charge in [0, 0.05) is 31.2 Å². The van der Waals surface area contributed by atoms with Crippen molar-refractivity contribution in [2.75, 3.05) is 18.8 Å². The van der Waals surface area contributed by atoms with Crippen LogP contribution < -0.4 is 5.32 Å². The quantitative estimate of drug-likeness (QED) is 0.844. The van der Waals surface area contributed by atoms with E-state index < -0.39 is 0 Å². The van der Waals surface area contributed by atoms with E-state index in [0.29, 0.717) is 0 Å². The molecular weight excluding hydrogens is 206 g/mol. The van der Waals surface area contributed by atoms with E-state index in [1.165, 1.54) is 17.7 Å². The van der Waals surface area contributed by atoms with E-state index in [4.69, 9.17) is 0 Å². The van der Waals surface area contributed by atoms with Crippen LogP contribution in [-0.2, 0) is 6.42 Å². The van der Waals surface area contributed by atoms with Crippen LogP contribution in [-0.4, -0.2) is 29.0 Å². The summed E-state index contributed by atoms with van der Waals surface area (Å²) in [4.78, 5) is 8.50. The average Bonchev–Trinajstić information content (AvgIpc) is 2.32. The van der Waals surface area contributed by atoms with Crippen LogP contribution >= 0.6 is 11.8 Å². The highest BCUT2D eigenvalue weighted by Crippen LogP contribution is 2.09. The highest BCUT2D eigenvalue weighted by atomic mass is 32.2. The first-order chi connectivity index (χ1) is 7.45. The van der Waals surface area contributed by atoms with Gasteiger partial charge in [-0.2, -0.15) is 0 Å². The van der Waals surface area contributed by atoms with Crippen LogP contribution in [0, 0.1) is 0 Å². The van der Waals surface area contributed by atoms with Gasteiger partial charge in [0.1, 0.15) is 0 Å². The Morgan fingerprint density at radius 1 is 1.47 bits per heavy atom. The minimum Gasteiger partial charge on any atom is -0.365 e. The van der Waals surface area contributed by atoms with Crippen molar-refractivity contribution in [1.29, 1.82) is 0 Å². The molecule has 1 N–H and O–H groups in total. The zero-order valence-electron chi connectivity index (χ0n) is 8.65. The third-order valence-corrected chi connectivity index (χ3v) is 3.25. The maximum Gasteiger partial charge on any atom is 0.156 e. The SMILES string of the molecule is c1cncc(CCNC2=NCCCS2)c1. The van der Waals surface area contributed by atoms with Gasteiger partial charge in [0.05, 0.1) is 0 Å². The monoisotopic (exact) mass is 221 g/mol. The molecule has 0 fully saturated rings. The number of nitrogens with zero attached hydrogens (tertiary/aromatic N) is 2. The summed E-state index contributed by atoms with van der Waals surface area (Å²) in [7, 11) is 0. The lowest BCUT2D eigenvalue weighted by Crippen LogP contribution is -2.25. The van der Waals surface area contributed by atoms with Crippen LogP contribution in [0.25, 0.3) is 0 Å². The Bertz CT molecular complexity index is 324. The fourth-order valence-electron chi connectivity index (χ4n) is 1.43. The zero-order valence-corrected chi connectivity index (χ0v) is 9.46. The third kappa shape index (κ3) is 3.55. The lowest BCUT2D eigenvalue weighted by Gasteiger charge is -2.12. The van der Waals surface area contributed by atoms with E-state index in [9.17, 15) is 0 Å². The molecule has 0 atom stereocenters. The Labute approximate surface area is 94.4 Å². The maximum atomic E-state index is 4.41. The number of hydrogen-bond donors (Lipinski definition) is 1. The van der Waals surface area contributed by atoms with Gasteiger partial charge in [-0.05, 0) is 24.5 Å². The van der Waals surface area contributed by atoms with Gasteiger partial charge in [-0.25, -0.2) is 0 Å². The molecule has 0 aliphatic carbocycles. The fraction of sp³-hybridized carbons (Fsp3) is 0.455. The Morgan fingerprint density at radius 2 is 2.47 bits per heavy atom. The molecule has 0 radical (unpaired) electrons. The smallest absolute Gasteiger partial charge is 0.156 e. The first-order valence-corrected chi connectivity index (χ1v) is 6.24. The van der Waals surface area contributed by atoms with Crippen LogP contribution in [0.4, 0.5) is 0 Å². The first kappa shape index (κ1) is 10.5. The largest absolute Gasteiger partial charge is 0.365 e. The number of nitrogens with one attached hydrogen (secondary N) is 1. The van der Waals surface area contributed by atoms with Gasteiger partial charge in [-0.1, -0.05) is 17.8 Å². The van der Waals surface area contributed by atoms with Gasteiger partial charge < -0.3 is 5.32 Å². The van der Waals surface area contributed by atoms with E-state index in [-0.39, 0.29) is 0 Å². The predicted octanol–water partition coefficient (Wildman–Crippen LogP) is 1.71. The van der Waals surface area contributed by atoms with Gasteiger partial charge in [-0.3, -0.25) is 9.98 Å². The van der Waals surface area contributed by atoms with E-state index in [1.807, 2.05) is 24.0 Å². The summed E-state index contributed by atoms with van der Waals surface area (Å²) < 4.78 is 0. The molecule has 1 aromatic rings. The van der Waals surface area contributed by atoms with Crippen molar-refractivity contribution < 1.29 is 0 Å². The van der Waals surface area contributed by atoms with E-state index in [0.717, 1.165) is 24.7 Å². The second-order valence-electron chi connectivity index (χ2n) is 3.43. The molecule has 0 bridgehead atoms. The molecule has 1 aliphatic heterocycles. The predicted molar refractivity (Wildman–Crippen MR) is 65.3 cm³/mol. The molecule has 4 heteroatoms. The second-order valence-corrected chi connectivity index (χ2v) is 4.51. The van der Waals surface area contributed by atoms with E-state index in [1.54, 1.807) is 6.20 Å². The lowest BCUT2D eigenvalue weighted by molar-refractivity contribution is 0.849. The molecule has 0 spiro atoms. The highest BCUT2D eigenvalue weighted by molar-refractivity contribution is 8.13. The second kappa shape index (κ2) is 5.75. The number of aromatic nitrogens is 1. The molecule has 0 aromatic carbocycles. The fourth-order valence-corrected chi connectivity index (χ4v) is 2.28. The molecule has 0 saturated heterocycles. The van der Waals surface area contributed by atoms with Gasteiger partial charge in [-0.15, -0.1) is 0 Å². The van der Waals surface area contributed by atoms with Gasteiger partial charge in [0.15, 0.2) is 5.17 Å². The lowest BCUT2D eigenvalue weighted by atomic mass is 10.2. The summed E-state index contributed by atoms with van der Waals surface area (Å²) in [5.41, 5.74) is 1.27. The number of rotatable bonds is 3. The minimum absolute atomic E-state index is 0.942. The topological polar surface area (TPSA) is 37.3 Å². The summed E-state index contributed by atoms with van der Waals surface area (Å²) in [6.45, 7) is 1.92. The maximum absolute atomic E-state index is 4.41. The van der Waals surface area contributed by atoms with Gasteiger partial charge >= 0.3 is 0 Å². The first-order valence-electron chi connectivity index (χ1n) is 5.25. The number of aliphatic imine (C=N–C) groups is 1. The van der Waals surface area contributed by atoms with Crippen LogP contribution in [0.3, 0.4) is 0 Å². The van der Waals surface area contributed by atoms with Crippen LogP contribution in [0.5, 0.6) is 0 Å². The Morgan fingerprint density at radius 3 is 3.20 bits per heavy atom. The molecule has 3 nitrogen and oxygen atoms in total. The highest BCUT2D eigenvalue weighted by Gasteiger charge is 2.04. The van der Waals surface area contributed by atoms with Crippen LogP contribution in [0.2, 0.25) is 0 Å². The Hall–Kier alpha value is -1.03. The normalized spacial score (nSPS) is 15.9. The van der Waals surface area contributed by atoms with Gasteiger partial charge in [0.2, 0.25) is 0 Å². The molecule has 0 unspecified atom stereocenters. The summed E-state index contributed by atoms with van der Waals surface area (Å²) >= 11 is 1.82. The Balaban J connectivity index is 1.73. The third-order valence-electron chi connectivity index (χ3n) is 2.21. The molecule has 2 rings (SSSR count). The van der Waals surface area contributed by atoms with E-state index in [2.05, 4.69) is 21.4 Å². The summed E-state index contributed by atoms with van der Waals surface area (Å²) in [5, 5.41) is 4.46. The van der Waals surface area contributed by atoms with Gasteiger partial charge in [0.25, 0.3) is 0 Å². The van der Waals surface area contributed by atoms with Crippen molar-refractivity contribution in [3.05, 3.63) is 30.1 Å². The van der Waals surface area contributed by atoms with Crippen LogP contribution in [0.1, 0.15) is 12.0 Å². The van der Waals surface area contributed by atoms with Crippen molar-refractivity contribution in [3.8, 4) is 0 Å². The number of amidine groups is 1. The van der Waals surface area contributed by atoms with Crippen molar-refractivity contribution in [1.82, 2.24) is 10.3 Å². The van der Waals surface area contributed by atoms with Crippen molar-refractivity contribution in [2.24, 2.45) is 4.99 Å². The zero-order chi connectivity index (χ0) is 10.3. The minimum atomic E-state index is 0.942. The summed E-state index contributed by atoms with van der Waals surface area (Å²) in [6, 6.07) is 4.08. The summed E-state index contributed by atoms with van der Waals surface area (Å²) in [5.74, 6) is 1.19. The Kier molecular flexibility index (Phi) is 4.02. The molecule has 1 aromatic heterocycles. The van der Waals surface area contributed by atoms with Crippen molar-refractivity contribution in [3.63, 3.8) is 0 Å². The molecular formula is C11H15N3S. The standard InChI is InChI=1S/C11H15N3S/c1-3-10(9-12-5-1)4-7-14-11-13-6-2-8-15-11/h1,3,5,9H,2,4,6-8H2,(H,13,14). The van der Waals surface area contributed by atoms with Crippen LogP contribution in [0.15, 0.2) is 29.5 Å². The number of hydrogen-bond acceptors (Lipinski definition) is 4. The number of pyridine rings is 1. The molecule has 1 aliphatic rings. The average molecular weight is 221 g/mol. The van der Waals surface area contributed by atoms with Crippen molar-refractivity contribution in [2.45, 2.75) is 12.8 Å². The molecule has 0 amide bonds. The molecule has 15 heavy (non-hydrogen) atoms. The number of thioether (sulfide) groups is 1. The molecule has 2 heterocycles. The van der Waals surface area contributed by atoms with Crippen molar-refractivity contribution >= 4 is 16.9 Å². The molecule has 80 valence electrons.